The summed E-state index contributed by atoms with van der Waals surface area (Å²) in [6, 6.07) is 0. The van der Waals surface area contributed by atoms with Crippen molar-refractivity contribution in [1.82, 2.24) is 0 Å². The molecule has 0 nitrogen and oxygen atoms in total. The van der Waals surface area contributed by atoms with Gasteiger partial charge in [-0.05, 0) is 37.2 Å². The van der Waals surface area contributed by atoms with Crippen LogP contribution >= 0.6 is 11.8 Å². The van der Waals surface area contributed by atoms with Crippen LogP contribution in [0.3, 0.4) is 0 Å². The molecule has 0 heterocycles. The Bertz CT molecular complexity index is 120. The van der Waals surface area contributed by atoms with Crippen molar-refractivity contribution in [1.29, 1.82) is 0 Å². The van der Waals surface area contributed by atoms with Gasteiger partial charge in [-0.2, -0.15) is 11.8 Å². The van der Waals surface area contributed by atoms with Crippen molar-refractivity contribution in [3.8, 4) is 0 Å². The molecular formula is C12H22S. The summed E-state index contributed by atoms with van der Waals surface area (Å²) in [5.74, 6) is 2.55. The molecule has 0 bridgehead atoms. The van der Waals surface area contributed by atoms with Gasteiger partial charge in [0.1, 0.15) is 0 Å². The Kier molecular flexibility index (Phi) is 11.7. The third kappa shape index (κ3) is 11.8. The van der Waals surface area contributed by atoms with Crippen LogP contribution < -0.4 is 0 Å². The minimum atomic E-state index is 1.17. The van der Waals surface area contributed by atoms with Crippen molar-refractivity contribution in [2.24, 2.45) is 0 Å². The molecule has 0 saturated carbocycles. The predicted octanol–water partition coefficient (Wildman–Crippen LogP) is 4.43. The third-order valence-electron chi connectivity index (χ3n) is 1.66. The standard InChI is InChI=1S/C12H22S/c1-3-5-7-9-11-13-12-10-8-6-4-2/h5-8H,3-4,9-12H2,1-2H3/b7-5+,8-6+. The molecule has 76 valence electrons. The smallest absolute Gasteiger partial charge is 0.00328 e. The molecule has 0 aliphatic carbocycles. The molecule has 0 aliphatic heterocycles. The first-order valence-corrected chi connectivity index (χ1v) is 6.45. The molecule has 0 atom stereocenters. The maximum atomic E-state index is 2.29. The van der Waals surface area contributed by atoms with Crippen molar-refractivity contribution in [2.45, 2.75) is 39.5 Å². The van der Waals surface area contributed by atoms with E-state index in [9.17, 15) is 0 Å². The minimum Gasteiger partial charge on any atom is -0.161 e. The van der Waals surface area contributed by atoms with Gasteiger partial charge in [0.2, 0.25) is 0 Å². The normalized spacial score (nSPS) is 11.8. The first-order chi connectivity index (χ1) is 6.41. The van der Waals surface area contributed by atoms with E-state index >= 15 is 0 Å². The second-order valence-electron chi connectivity index (χ2n) is 2.95. The number of thioether (sulfide) groups is 1. The summed E-state index contributed by atoms with van der Waals surface area (Å²) in [7, 11) is 0. The van der Waals surface area contributed by atoms with E-state index in [2.05, 4.69) is 49.9 Å². The van der Waals surface area contributed by atoms with Crippen molar-refractivity contribution in [2.75, 3.05) is 11.5 Å². The summed E-state index contributed by atoms with van der Waals surface area (Å²) in [5, 5.41) is 0. The van der Waals surface area contributed by atoms with Crippen molar-refractivity contribution in [3.05, 3.63) is 24.3 Å². The zero-order valence-corrected chi connectivity index (χ0v) is 9.78. The molecule has 0 amide bonds. The van der Waals surface area contributed by atoms with Gasteiger partial charge in [0.15, 0.2) is 0 Å². The Morgan fingerprint density at radius 1 is 0.769 bits per heavy atom. The molecule has 0 N–H and O–H groups in total. The van der Waals surface area contributed by atoms with Crippen LogP contribution in [0.25, 0.3) is 0 Å². The molecule has 0 unspecified atom stereocenters. The van der Waals surface area contributed by atoms with E-state index in [4.69, 9.17) is 0 Å². The van der Waals surface area contributed by atoms with E-state index in [-0.39, 0.29) is 0 Å². The van der Waals surface area contributed by atoms with E-state index in [1.54, 1.807) is 0 Å². The lowest BCUT2D eigenvalue weighted by molar-refractivity contribution is 1.15. The van der Waals surface area contributed by atoms with Gasteiger partial charge in [-0.15, -0.1) is 0 Å². The average Bonchev–Trinajstić information content (AvgIpc) is 2.16. The summed E-state index contributed by atoms with van der Waals surface area (Å²) in [5.41, 5.74) is 0. The summed E-state index contributed by atoms with van der Waals surface area (Å²) in [6.07, 6.45) is 13.9. The SMILES string of the molecule is CC/C=C/CCSCC/C=C/CC. The molecule has 0 aliphatic rings. The number of rotatable bonds is 8. The first-order valence-electron chi connectivity index (χ1n) is 5.29. The highest BCUT2D eigenvalue weighted by atomic mass is 32.2. The van der Waals surface area contributed by atoms with Crippen LogP contribution in [0.2, 0.25) is 0 Å². The van der Waals surface area contributed by atoms with E-state index in [1.165, 1.54) is 37.2 Å². The predicted molar refractivity (Wildman–Crippen MR) is 65.4 cm³/mol. The van der Waals surface area contributed by atoms with Crippen LogP contribution in [-0.4, -0.2) is 11.5 Å². The summed E-state index contributed by atoms with van der Waals surface area (Å²) in [6.45, 7) is 4.36. The molecule has 0 aromatic carbocycles. The summed E-state index contributed by atoms with van der Waals surface area (Å²) >= 11 is 2.05. The van der Waals surface area contributed by atoms with Gasteiger partial charge in [-0.25, -0.2) is 0 Å². The van der Waals surface area contributed by atoms with Gasteiger partial charge < -0.3 is 0 Å². The van der Waals surface area contributed by atoms with E-state index in [0.29, 0.717) is 0 Å². The van der Waals surface area contributed by atoms with Gasteiger partial charge >= 0.3 is 0 Å². The molecule has 0 fully saturated rings. The molecular weight excluding hydrogens is 176 g/mol. The molecule has 0 spiro atoms. The Balaban J connectivity index is 2.99. The second kappa shape index (κ2) is 11.8. The Morgan fingerprint density at radius 2 is 1.23 bits per heavy atom. The van der Waals surface area contributed by atoms with Gasteiger partial charge in [0.05, 0.1) is 0 Å². The largest absolute Gasteiger partial charge is 0.161 e. The van der Waals surface area contributed by atoms with Crippen molar-refractivity contribution < 1.29 is 0 Å². The Labute approximate surface area is 87.5 Å². The minimum absolute atomic E-state index is 1.17. The van der Waals surface area contributed by atoms with E-state index < -0.39 is 0 Å². The fourth-order valence-electron chi connectivity index (χ4n) is 0.974. The molecule has 0 aromatic rings. The quantitative estimate of drug-likeness (QED) is 0.410. The highest BCUT2D eigenvalue weighted by Crippen LogP contribution is 2.05. The first kappa shape index (κ1) is 12.8. The van der Waals surface area contributed by atoms with Crippen LogP contribution in [0.4, 0.5) is 0 Å². The molecule has 0 rings (SSSR count). The van der Waals surface area contributed by atoms with Crippen molar-refractivity contribution >= 4 is 11.8 Å². The number of hydrogen-bond acceptors (Lipinski definition) is 1. The van der Waals surface area contributed by atoms with Gasteiger partial charge in [-0.3, -0.25) is 0 Å². The lowest BCUT2D eigenvalue weighted by Gasteiger charge is -1.95. The van der Waals surface area contributed by atoms with Crippen LogP contribution in [0.5, 0.6) is 0 Å². The maximum absolute atomic E-state index is 2.29. The zero-order chi connectivity index (χ0) is 9.78. The molecule has 0 saturated heterocycles. The Hall–Kier alpha value is -0.170. The average molecular weight is 198 g/mol. The number of hydrogen-bond donors (Lipinski definition) is 0. The zero-order valence-electron chi connectivity index (χ0n) is 8.96. The fraction of sp³-hybridized carbons (Fsp3) is 0.667. The lowest BCUT2D eigenvalue weighted by atomic mass is 10.3. The monoisotopic (exact) mass is 198 g/mol. The van der Waals surface area contributed by atoms with E-state index in [0.717, 1.165) is 0 Å². The highest BCUT2D eigenvalue weighted by molar-refractivity contribution is 7.99. The van der Waals surface area contributed by atoms with Gasteiger partial charge in [0.25, 0.3) is 0 Å². The fourth-order valence-corrected chi connectivity index (χ4v) is 1.78. The van der Waals surface area contributed by atoms with Crippen LogP contribution in [0.15, 0.2) is 24.3 Å². The second-order valence-corrected chi connectivity index (χ2v) is 4.17. The summed E-state index contributed by atoms with van der Waals surface area (Å²) in [4.78, 5) is 0. The lowest BCUT2D eigenvalue weighted by Crippen LogP contribution is -1.79. The third-order valence-corrected chi connectivity index (χ3v) is 2.71. The Morgan fingerprint density at radius 3 is 1.62 bits per heavy atom. The van der Waals surface area contributed by atoms with Crippen LogP contribution in [0, 0.1) is 0 Å². The van der Waals surface area contributed by atoms with Gasteiger partial charge in [0, 0.05) is 0 Å². The molecule has 0 radical (unpaired) electrons. The molecule has 0 aromatic heterocycles. The molecule has 13 heavy (non-hydrogen) atoms. The molecule has 1 heteroatoms. The van der Waals surface area contributed by atoms with Crippen LogP contribution in [0.1, 0.15) is 39.5 Å². The van der Waals surface area contributed by atoms with Crippen molar-refractivity contribution in [3.63, 3.8) is 0 Å². The number of allylic oxidation sites excluding steroid dienone is 4. The van der Waals surface area contributed by atoms with Gasteiger partial charge in [-0.1, -0.05) is 38.2 Å². The van der Waals surface area contributed by atoms with Crippen LogP contribution in [-0.2, 0) is 0 Å². The van der Waals surface area contributed by atoms with E-state index in [1.807, 2.05) is 0 Å². The summed E-state index contributed by atoms with van der Waals surface area (Å²) < 4.78 is 0. The topological polar surface area (TPSA) is 0 Å². The maximum Gasteiger partial charge on any atom is -0.00328 e. The highest BCUT2D eigenvalue weighted by Gasteiger charge is 1.84.